The summed E-state index contributed by atoms with van der Waals surface area (Å²) in [6.07, 6.45) is 6.42. The lowest BCUT2D eigenvalue weighted by Gasteiger charge is -2.20. The van der Waals surface area contributed by atoms with Crippen molar-refractivity contribution in [3.05, 3.63) is 24.8 Å². The molecule has 0 amide bonds. The maximum atomic E-state index is 11.3. The van der Waals surface area contributed by atoms with Crippen LogP contribution >= 0.6 is 0 Å². The normalized spacial score (nSPS) is 25.9. The predicted octanol–water partition coefficient (Wildman–Crippen LogP) is 1.50. The van der Waals surface area contributed by atoms with Gasteiger partial charge in [0.25, 0.3) is 0 Å². The van der Waals surface area contributed by atoms with Crippen molar-refractivity contribution in [1.29, 1.82) is 0 Å². The smallest absolute Gasteiger partial charge is 0.316 e. The number of methoxy groups -OCH3 is 1. The summed E-state index contributed by atoms with van der Waals surface area (Å²) in [4.78, 5) is 22.6. The molecule has 0 aromatic carbocycles. The van der Waals surface area contributed by atoms with Crippen molar-refractivity contribution in [3.63, 3.8) is 0 Å². The van der Waals surface area contributed by atoms with Gasteiger partial charge < -0.3 is 4.74 Å². The van der Waals surface area contributed by atoms with Gasteiger partial charge in [-0.25, -0.2) is 0 Å². The maximum Gasteiger partial charge on any atom is 0.316 e. The van der Waals surface area contributed by atoms with E-state index in [0.29, 0.717) is 6.42 Å². The standard InChI is InChI=1S/C11H14O3/c1-3-4-8-5-6-10(12)9(7-8)11(13)14-2/h3,5-6,8-9H,1,4,7H2,2H3. The molecule has 0 aromatic rings. The van der Waals surface area contributed by atoms with Crippen LogP contribution in [-0.4, -0.2) is 18.9 Å². The molecule has 3 heteroatoms. The number of carbonyl (C=O) groups is 2. The Kier molecular flexibility index (Phi) is 3.63. The number of rotatable bonds is 3. The van der Waals surface area contributed by atoms with Crippen LogP contribution < -0.4 is 0 Å². The van der Waals surface area contributed by atoms with E-state index < -0.39 is 11.9 Å². The van der Waals surface area contributed by atoms with Crippen LogP contribution in [0.5, 0.6) is 0 Å². The molecule has 0 radical (unpaired) electrons. The predicted molar refractivity (Wildman–Crippen MR) is 52.6 cm³/mol. The van der Waals surface area contributed by atoms with Crippen molar-refractivity contribution in [2.45, 2.75) is 12.8 Å². The van der Waals surface area contributed by atoms with Gasteiger partial charge in [0.1, 0.15) is 5.92 Å². The van der Waals surface area contributed by atoms with Crippen LogP contribution in [0.3, 0.4) is 0 Å². The quantitative estimate of drug-likeness (QED) is 0.388. The van der Waals surface area contributed by atoms with Crippen LogP contribution in [0, 0.1) is 11.8 Å². The summed E-state index contributed by atoms with van der Waals surface area (Å²) in [6, 6.07) is 0. The molecule has 0 saturated heterocycles. The van der Waals surface area contributed by atoms with Crippen molar-refractivity contribution < 1.29 is 14.3 Å². The molecule has 0 spiro atoms. The first-order valence-corrected chi connectivity index (χ1v) is 4.59. The van der Waals surface area contributed by atoms with Gasteiger partial charge in [-0.05, 0) is 24.8 Å². The lowest BCUT2D eigenvalue weighted by molar-refractivity contribution is -0.149. The maximum absolute atomic E-state index is 11.3. The van der Waals surface area contributed by atoms with Crippen LogP contribution in [0.2, 0.25) is 0 Å². The van der Waals surface area contributed by atoms with Crippen molar-refractivity contribution in [2.75, 3.05) is 7.11 Å². The molecule has 14 heavy (non-hydrogen) atoms. The second kappa shape index (κ2) is 4.74. The van der Waals surface area contributed by atoms with E-state index in [4.69, 9.17) is 0 Å². The van der Waals surface area contributed by atoms with Gasteiger partial charge in [-0.15, -0.1) is 6.58 Å². The van der Waals surface area contributed by atoms with E-state index in [1.165, 1.54) is 13.2 Å². The minimum atomic E-state index is -0.616. The molecular formula is C11H14O3. The highest BCUT2D eigenvalue weighted by atomic mass is 16.5. The second-order valence-electron chi connectivity index (χ2n) is 3.36. The average Bonchev–Trinajstić information content (AvgIpc) is 2.20. The molecule has 76 valence electrons. The Morgan fingerprint density at radius 3 is 3.07 bits per heavy atom. The van der Waals surface area contributed by atoms with Crippen molar-refractivity contribution in [2.24, 2.45) is 11.8 Å². The zero-order valence-corrected chi connectivity index (χ0v) is 8.23. The molecule has 3 nitrogen and oxygen atoms in total. The third-order valence-corrected chi connectivity index (χ3v) is 2.37. The Labute approximate surface area is 83.4 Å². The Hall–Kier alpha value is -1.38. The molecule has 0 N–H and O–H groups in total. The van der Waals surface area contributed by atoms with Gasteiger partial charge >= 0.3 is 5.97 Å². The Bertz CT molecular complexity index is 278. The summed E-state index contributed by atoms with van der Waals surface area (Å²) >= 11 is 0. The number of hydrogen-bond acceptors (Lipinski definition) is 3. The van der Waals surface area contributed by atoms with Gasteiger partial charge in [0.15, 0.2) is 5.78 Å². The molecule has 0 aromatic heterocycles. The molecule has 1 aliphatic rings. The molecule has 2 unspecified atom stereocenters. The van der Waals surface area contributed by atoms with Gasteiger partial charge in [0.2, 0.25) is 0 Å². The number of hydrogen-bond donors (Lipinski definition) is 0. The Balaban J connectivity index is 2.70. The molecule has 0 fully saturated rings. The molecule has 0 bridgehead atoms. The van der Waals surface area contributed by atoms with Crippen LogP contribution in [0.4, 0.5) is 0 Å². The first-order chi connectivity index (χ1) is 6.69. The lowest BCUT2D eigenvalue weighted by atomic mass is 9.84. The van der Waals surface area contributed by atoms with E-state index in [0.717, 1.165) is 6.42 Å². The molecule has 2 atom stereocenters. The fraction of sp³-hybridized carbons (Fsp3) is 0.455. The highest BCUT2D eigenvalue weighted by Gasteiger charge is 2.30. The molecule has 1 rings (SSSR count). The monoisotopic (exact) mass is 194 g/mol. The third-order valence-electron chi connectivity index (χ3n) is 2.37. The van der Waals surface area contributed by atoms with Gasteiger partial charge in [-0.1, -0.05) is 12.2 Å². The number of ketones is 1. The number of esters is 1. The summed E-state index contributed by atoms with van der Waals surface area (Å²) in [7, 11) is 1.30. The largest absolute Gasteiger partial charge is 0.468 e. The fourth-order valence-corrected chi connectivity index (χ4v) is 1.59. The zero-order valence-electron chi connectivity index (χ0n) is 8.23. The van der Waals surface area contributed by atoms with E-state index in [-0.39, 0.29) is 11.7 Å². The molecule has 1 aliphatic carbocycles. The highest BCUT2D eigenvalue weighted by Crippen LogP contribution is 2.24. The van der Waals surface area contributed by atoms with Crippen molar-refractivity contribution in [1.82, 2.24) is 0 Å². The Morgan fingerprint density at radius 1 is 1.79 bits per heavy atom. The minimum absolute atomic E-state index is 0.155. The minimum Gasteiger partial charge on any atom is -0.468 e. The van der Waals surface area contributed by atoms with Crippen molar-refractivity contribution >= 4 is 11.8 Å². The van der Waals surface area contributed by atoms with Crippen LogP contribution in [0.15, 0.2) is 24.8 Å². The van der Waals surface area contributed by atoms with E-state index in [1.54, 1.807) is 6.08 Å². The fourth-order valence-electron chi connectivity index (χ4n) is 1.59. The molecular weight excluding hydrogens is 180 g/mol. The Morgan fingerprint density at radius 2 is 2.50 bits per heavy atom. The van der Waals surface area contributed by atoms with Crippen LogP contribution in [-0.2, 0) is 14.3 Å². The average molecular weight is 194 g/mol. The third kappa shape index (κ3) is 2.31. The molecule has 0 heterocycles. The van der Waals surface area contributed by atoms with Crippen molar-refractivity contribution in [3.8, 4) is 0 Å². The van der Waals surface area contributed by atoms with Crippen LogP contribution in [0.1, 0.15) is 12.8 Å². The molecule has 0 saturated carbocycles. The van der Waals surface area contributed by atoms with E-state index in [9.17, 15) is 9.59 Å². The summed E-state index contributed by atoms with van der Waals surface area (Å²) in [6.45, 7) is 3.63. The first kappa shape index (κ1) is 10.7. The second-order valence-corrected chi connectivity index (χ2v) is 3.36. The summed E-state index contributed by atoms with van der Waals surface area (Å²) < 4.78 is 4.57. The summed E-state index contributed by atoms with van der Waals surface area (Å²) in [5.41, 5.74) is 0. The highest BCUT2D eigenvalue weighted by molar-refractivity contribution is 6.05. The van der Waals surface area contributed by atoms with Gasteiger partial charge in [0.05, 0.1) is 7.11 Å². The number of carbonyl (C=O) groups excluding carboxylic acids is 2. The molecule has 0 aliphatic heterocycles. The van der Waals surface area contributed by atoms with E-state index in [1.807, 2.05) is 6.08 Å². The van der Waals surface area contributed by atoms with Gasteiger partial charge in [0, 0.05) is 0 Å². The first-order valence-electron chi connectivity index (χ1n) is 4.59. The topological polar surface area (TPSA) is 43.4 Å². The summed E-state index contributed by atoms with van der Waals surface area (Å²) in [5, 5.41) is 0. The van der Waals surface area contributed by atoms with Gasteiger partial charge in [-0.3, -0.25) is 9.59 Å². The zero-order chi connectivity index (χ0) is 10.6. The van der Waals surface area contributed by atoms with Gasteiger partial charge in [-0.2, -0.15) is 0 Å². The summed E-state index contributed by atoms with van der Waals surface area (Å²) in [5.74, 6) is -0.977. The number of allylic oxidation sites excluding steroid dienone is 3. The number of ether oxygens (including phenoxy) is 1. The lowest BCUT2D eigenvalue weighted by Crippen LogP contribution is -2.28. The van der Waals surface area contributed by atoms with E-state index in [2.05, 4.69) is 11.3 Å². The van der Waals surface area contributed by atoms with Crippen LogP contribution in [0.25, 0.3) is 0 Å². The van der Waals surface area contributed by atoms with E-state index >= 15 is 0 Å². The SMILES string of the molecule is C=CCC1C=CC(=O)C(C(=O)OC)C1.